The number of rotatable bonds is 2. The molecule has 21 heavy (non-hydrogen) atoms. The summed E-state index contributed by atoms with van der Waals surface area (Å²) >= 11 is 0. The van der Waals surface area contributed by atoms with Gasteiger partial charge in [0.15, 0.2) is 9.84 Å². The number of hydrogen-bond acceptors (Lipinski definition) is 4. The maximum absolute atomic E-state index is 12.2. The molecule has 0 saturated heterocycles. The van der Waals surface area contributed by atoms with Crippen LogP contribution in [-0.4, -0.2) is 29.1 Å². The van der Waals surface area contributed by atoms with Crippen molar-refractivity contribution >= 4 is 9.84 Å². The zero-order valence-corrected chi connectivity index (χ0v) is 12.9. The average Bonchev–Trinajstić information content (AvgIpc) is 2.74. The Hall–Kier alpha value is -1.66. The van der Waals surface area contributed by atoms with Gasteiger partial charge in [-0.1, -0.05) is 18.2 Å². The Labute approximate surface area is 124 Å². The average molecular weight is 306 g/mol. The van der Waals surface area contributed by atoms with E-state index in [0.29, 0.717) is 12.0 Å². The van der Waals surface area contributed by atoms with E-state index in [9.17, 15) is 13.5 Å². The fraction of sp³-hybridized carbons (Fsp3) is 0.400. The smallest absolute Gasteiger partial charge is 0.178 e. The van der Waals surface area contributed by atoms with Gasteiger partial charge in [0.05, 0.1) is 21.9 Å². The van der Waals surface area contributed by atoms with E-state index in [1.54, 1.807) is 28.9 Å². The van der Waals surface area contributed by atoms with E-state index in [2.05, 4.69) is 5.10 Å². The molecule has 0 aliphatic carbocycles. The number of hydrogen-bond donors (Lipinski definition) is 1. The van der Waals surface area contributed by atoms with Gasteiger partial charge >= 0.3 is 0 Å². The highest BCUT2D eigenvalue weighted by molar-refractivity contribution is 7.91. The first-order valence-electron chi connectivity index (χ1n) is 6.86. The number of aromatic nitrogens is 2. The summed E-state index contributed by atoms with van der Waals surface area (Å²) in [6.45, 7) is 1.90. The van der Waals surface area contributed by atoms with E-state index in [4.69, 9.17) is 0 Å². The lowest BCUT2D eigenvalue weighted by atomic mass is 9.86. The van der Waals surface area contributed by atoms with Crippen LogP contribution in [0.3, 0.4) is 0 Å². The molecule has 0 radical (unpaired) electrons. The van der Waals surface area contributed by atoms with Crippen LogP contribution in [0.1, 0.15) is 23.4 Å². The molecule has 112 valence electrons. The van der Waals surface area contributed by atoms with Crippen LogP contribution in [0.5, 0.6) is 0 Å². The number of sulfone groups is 1. The summed E-state index contributed by atoms with van der Waals surface area (Å²) in [4.78, 5) is 0.248. The predicted octanol–water partition coefficient (Wildman–Crippen LogP) is 1.34. The van der Waals surface area contributed by atoms with E-state index >= 15 is 0 Å². The Bertz CT molecular complexity index is 795. The van der Waals surface area contributed by atoms with Crippen LogP contribution in [0.2, 0.25) is 0 Å². The minimum atomic E-state index is -3.29. The summed E-state index contributed by atoms with van der Waals surface area (Å²) in [5, 5.41) is 15.3. The molecule has 2 aromatic rings. The summed E-state index contributed by atoms with van der Waals surface area (Å²) in [5.41, 5.74) is 1.11. The van der Waals surface area contributed by atoms with Crippen LogP contribution in [0, 0.1) is 6.92 Å². The highest BCUT2D eigenvalue weighted by atomic mass is 32.2. The minimum absolute atomic E-state index is 0.0304. The Morgan fingerprint density at radius 1 is 1.38 bits per heavy atom. The fourth-order valence-corrected chi connectivity index (χ4v) is 4.69. The summed E-state index contributed by atoms with van der Waals surface area (Å²) in [7, 11) is -1.46. The molecule has 1 aromatic carbocycles. The van der Waals surface area contributed by atoms with Crippen molar-refractivity contribution in [1.82, 2.24) is 9.78 Å². The molecule has 1 aliphatic heterocycles. The maximum atomic E-state index is 12.2. The summed E-state index contributed by atoms with van der Waals surface area (Å²) in [6.07, 6.45) is 0.563. The lowest BCUT2D eigenvalue weighted by Gasteiger charge is -2.34. The van der Waals surface area contributed by atoms with Crippen LogP contribution in [0.25, 0.3) is 0 Å². The molecule has 2 heterocycles. The van der Waals surface area contributed by atoms with Crippen LogP contribution < -0.4 is 0 Å². The van der Waals surface area contributed by atoms with Gasteiger partial charge in [-0.15, -0.1) is 0 Å². The molecule has 1 N–H and O–H groups in total. The molecule has 0 fully saturated rings. The maximum Gasteiger partial charge on any atom is 0.178 e. The largest absolute Gasteiger partial charge is 0.385 e. The molecule has 6 heteroatoms. The van der Waals surface area contributed by atoms with E-state index in [-0.39, 0.29) is 17.1 Å². The second-order valence-corrected chi connectivity index (χ2v) is 7.75. The van der Waals surface area contributed by atoms with Crippen LogP contribution >= 0.6 is 0 Å². The molecular weight excluding hydrogens is 288 g/mol. The van der Waals surface area contributed by atoms with E-state index in [0.717, 1.165) is 11.4 Å². The van der Waals surface area contributed by atoms with Crippen LogP contribution in [0.15, 0.2) is 35.2 Å². The molecule has 5 nitrogen and oxygen atoms in total. The standard InChI is InChI=1S/C15H18N2O3S/c1-11-9-12(17(2)16-11)10-15(18)7-8-21(19,20)14-6-4-3-5-13(14)15/h3-6,9,18H,7-8,10H2,1-2H3. The molecule has 1 aromatic heterocycles. The molecule has 0 spiro atoms. The fourth-order valence-electron chi connectivity index (χ4n) is 2.98. The molecule has 1 atom stereocenters. The number of nitrogens with zero attached hydrogens (tertiary/aromatic N) is 2. The third-order valence-electron chi connectivity index (χ3n) is 4.08. The Morgan fingerprint density at radius 2 is 2.10 bits per heavy atom. The second kappa shape index (κ2) is 4.68. The van der Waals surface area contributed by atoms with Gasteiger partial charge in [-0.25, -0.2) is 8.42 Å². The first-order valence-corrected chi connectivity index (χ1v) is 8.51. The minimum Gasteiger partial charge on any atom is -0.385 e. The Morgan fingerprint density at radius 3 is 2.76 bits per heavy atom. The van der Waals surface area contributed by atoms with Crippen LogP contribution in [0.4, 0.5) is 0 Å². The molecule has 0 amide bonds. The van der Waals surface area contributed by atoms with E-state index in [1.807, 2.05) is 20.0 Å². The number of fused-ring (bicyclic) bond motifs is 1. The van der Waals surface area contributed by atoms with Gasteiger partial charge in [-0.3, -0.25) is 4.68 Å². The zero-order valence-electron chi connectivity index (χ0n) is 12.1. The molecule has 0 bridgehead atoms. The van der Waals surface area contributed by atoms with Crippen molar-refractivity contribution in [1.29, 1.82) is 0 Å². The van der Waals surface area contributed by atoms with Crippen molar-refractivity contribution in [2.75, 3.05) is 5.75 Å². The van der Waals surface area contributed by atoms with Gasteiger partial charge < -0.3 is 5.11 Å². The molecular formula is C15H18N2O3S. The van der Waals surface area contributed by atoms with Crippen molar-refractivity contribution in [3.05, 3.63) is 47.3 Å². The van der Waals surface area contributed by atoms with Gasteiger partial charge in [0.1, 0.15) is 0 Å². The van der Waals surface area contributed by atoms with Crippen molar-refractivity contribution < 1.29 is 13.5 Å². The highest BCUT2D eigenvalue weighted by Gasteiger charge is 2.41. The first kappa shape index (κ1) is 14.3. The summed E-state index contributed by atoms with van der Waals surface area (Å²) < 4.78 is 26.0. The summed E-state index contributed by atoms with van der Waals surface area (Å²) in [6, 6.07) is 8.65. The predicted molar refractivity (Wildman–Crippen MR) is 78.7 cm³/mol. The van der Waals surface area contributed by atoms with Crippen molar-refractivity contribution in [2.24, 2.45) is 7.05 Å². The molecule has 1 aliphatic rings. The molecule has 1 unspecified atom stereocenters. The third-order valence-corrected chi connectivity index (χ3v) is 5.85. The Kier molecular flexibility index (Phi) is 3.18. The monoisotopic (exact) mass is 306 g/mol. The quantitative estimate of drug-likeness (QED) is 0.908. The van der Waals surface area contributed by atoms with Crippen LogP contribution in [-0.2, 0) is 28.9 Å². The van der Waals surface area contributed by atoms with Gasteiger partial charge in [-0.05, 0) is 25.5 Å². The van der Waals surface area contributed by atoms with E-state index < -0.39 is 15.4 Å². The third kappa shape index (κ3) is 2.38. The molecule has 0 saturated carbocycles. The van der Waals surface area contributed by atoms with Gasteiger partial charge in [0.2, 0.25) is 0 Å². The van der Waals surface area contributed by atoms with E-state index in [1.165, 1.54) is 0 Å². The van der Waals surface area contributed by atoms with Crippen molar-refractivity contribution in [3.8, 4) is 0 Å². The number of aliphatic hydroxyl groups is 1. The summed E-state index contributed by atoms with van der Waals surface area (Å²) in [5.74, 6) is -0.0304. The first-order chi connectivity index (χ1) is 9.82. The van der Waals surface area contributed by atoms with Crippen molar-refractivity contribution in [3.63, 3.8) is 0 Å². The highest BCUT2D eigenvalue weighted by Crippen LogP contribution is 2.39. The second-order valence-electron chi connectivity index (χ2n) is 5.67. The normalized spacial score (nSPS) is 23.8. The number of benzene rings is 1. The molecule has 3 rings (SSSR count). The zero-order chi connectivity index (χ0) is 15.3. The van der Waals surface area contributed by atoms with Gasteiger partial charge in [0.25, 0.3) is 0 Å². The van der Waals surface area contributed by atoms with Crippen molar-refractivity contribution in [2.45, 2.75) is 30.3 Å². The number of aryl methyl sites for hydroxylation is 2. The lowest BCUT2D eigenvalue weighted by Crippen LogP contribution is -2.37. The van der Waals surface area contributed by atoms with Gasteiger partial charge in [-0.2, -0.15) is 5.10 Å². The Balaban J connectivity index is 2.08. The van der Waals surface area contributed by atoms with Gasteiger partial charge in [0, 0.05) is 24.7 Å². The lowest BCUT2D eigenvalue weighted by molar-refractivity contribution is 0.0265. The topological polar surface area (TPSA) is 72.2 Å². The SMILES string of the molecule is Cc1cc(CC2(O)CCS(=O)(=O)c3ccccc32)n(C)n1.